The van der Waals surface area contributed by atoms with Crippen molar-refractivity contribution < 1.29 is 22.3 Å². The highest BCUT2D eigenvalue weighted by atomic mass is 19.4. The van der Waals surface area contributed by atoms with E-state index in [1.54, 1.807) is 6.92 Å². The quantitative estimate of drug-likeness (QED) is 0.518. The van der Waals surface area contributed by atoms with E-state index in [1.807, 2.05) is 0 Å². The van der Waals surface area contributed by atoms with Gasteiger partial charge in [0.25, 0.3) is 5.56 Å². The van der Waals surface area contributed by atoms with Gasteiger partial charge in [-0.1, -0.05) is 12.1 Å². The molecule has 0 aliphatic carbocycles. The van der Waals surface area contributed by atoms with Crippen LogP contribution in [0.4, 0.5) is 23.2 Å². The van der Waals surface area contributed by atoms with E-state index >= 15 is 0 Å². The molecule has 0 radical (unpaired) electrons. The van der Waals surface area contributed by atoms with Crippen molar-refractivity contribution in [2.24, 2.45) is 4.99 Å². The highest BCUT2D eigenvalue weighted by Gasteiger charge is 2.32. The molecule has 3 aromatic rings. The van der Waals surface area contributed by atoms with Crippen LogP contribution in [0.2, 0.25) is 0 Å². The van der Waals surface area contributed by atoms with E-state index < -0.39 is 23.5 Å². The van der Waals surface area contributed by atoms with Crippen LogP contribution in [-0.2, 0) is 0 Å². The van der Waals surface area contributed by atoms with Crippen molar-refractivity contribution in [1.29, 1.82) is 0 Å². The number of H-pyrrole nitrogens is 1. The Morgan fingerprint density at radius 1 is 1.11 bits per heavy atom. The number of nitrogens with one attached hydrogen (secondary N) is 1. The number of rotatable bonds is 4. The number of ether oxygens (including phenoxy) is 1. The molecule has 0 spiro atoms. The summed E-state index contributed by atoms with van der Waals surface area (Å²) in [6, 6.07) is 10.7. The Morgan fingerprint density at radius 2 is 1.75 bits per heavy atom. The molecule has 0 bridgehead atoms. The minimum atomic E-state index is -4.86. The third-order valence-electron chi connectivity index (χ3n) is 3.90. The molecule has 2 aromatic carbocycles. The molecule has 146 valence electrons. The number of aryl methyl sites for hydroxylation is 1. The van der Waals surface area contributed by atoms with Crippen LogP contribution in [0, 0.1) is 12.7 Å². The maximum atomic E-state index is 13.1. The maximum Gasteiger partial charge on any atom is 0.573 e. The molecule has 0 unspecified atom stereocenters. The molecule has 1 aromatic heterocycles. The Morgan fingerprint density at radius 3 is 2.39 bits per heavy atom. The van der Waals surface area contributed by atoms with Gasteiger partial charge in [0.15, 0.2) is 5.75 Å². The lowest BCUT2D eigenvalue weighted by atomic mass is 10.1. The number of aromatic amines is 1. The van der Waals surface area contributed by atoms with Crippen molar-refractivity contribution >= 4 is 11.4 Å². The summed E-state index contributed by atoms with van der Waals surface area (Å²) < 4.78 is 56.0. The van der Waals surface area contributed by atoms with Crippen molar-refractivity contribution in [2.45, 2.75) is 20.2 Å². The summed E-state index contributed by atoms with van der Waals surface area (Å²) in [5.41, 5.74) is 0.758. The Hall–Kier alpha value is -3.36. The molecular weight excluding hydrogens is 378 g/mol. The lowest BCUT2D eigenvalue weighted by molar-refractivity contribution is -0.274. The zero-order valence-electron chi connectivity index (χ0n) is 14.8. The van der Waals surface area contributed by atoms with Crippen molar-refractivity contribution in [3.05, 3.63) is 76.0 Å². The first-order valence-electron chi connectivity index (χ1n) is 8.14. The van der Waals surface area contributed by atoms with Gasteiger partial charge < -0.3 is 4.74 Å². The number of aromatic nitrogens is 2. The van der Waals surface area contributed by atoms with Crippen LogP contribution < -0.4 is 10.3 Å². The monoisotopic (exact) mass is 393 g/mol. The lowest BCUT2D eigenvalue weighted by Gasteiger charge is -2.11. The minimum Gasteiger partial charge on any atom is -0.403 e. The second-order valence-corrected chi connectivity index (χ2v) is 5.94. The summed E-state index contributed by atoms with van der Waals surface area (Å²) in [5.74, 6) is -0.916. The van der Waals surface area contributed by atoms with Gasteiger partial charge in [-0.25, -0.2) is 14.1 Å². The molecule has 9 heteroatoms. The second kappa shape index (κ2) is 7.34. The molecule has 3 rings (SSSR count). The zero-order chi connectivity index (χ0) is 20.5. The number of nitrogens with zero attached hydrogens (tertiary/aromatic N) is 2. The van der Waals surface area contributed by atoms with Crippen molar-refractivity contribution in [2.75, 3.05) is 0 Å². The van der Waals surface area contributed by atoms with Gasteiger partial charge in [0.2, 0.25) is 0 Å². The third kappa shape index (κ3) is 4.13. The standard InChI is InChI=1S/C19H15F4N3O2/c1-11(24-15-5-3-4-6-16(15)28-19(21,22)23)17-12(2)25-26(18(17)27)14-9-7-13(20)8-10-14/h3-10,25H,1-2H3. The molecule has 5 nitrogen and oxygen atoms in total. The van der Waals surface area contributed by atoms with E-state index in [-0.39, 0.29) is 17.0 Å². The van der Waals surface area contributed by atoms with Crippen LogP contribution in [0.1, 0.15) is 18.2 Å². The Bertz CT molecular complexity index is 1080. The number of hydrogen-bond donors (Lipinski definition) is 1. The molecule has 1 heterocycles. The maximum absolute atomic E-state index is 13.1. The molecule has 1 N–H and O–H groups in total. The van der Waals surface area contributed by atoms with E-state index in [0.29, 0.717) is 11.4 Å². The number of para-hydroxylation sites is 2. The number of alkyl halides is 3. The van der Waals surface area contributed by atoms with Gasteiger partial charge in [0.05, 0.1) is 17.0 Å². The first-order chi connectivity index (χ1) is 13.2. The largest absolute Gasteiger partial charge is 0.573 e. The summed E-state index contributed by atoms with van der Waals surface area (Å²) >= 11 is 0. The zero-order valence-corrected chi connectivity index (χ0v) is 14.8. The molecular formula is C19H15F4N3O2. The molecule has 0 atom stereocenters. The fourth-order valence-corrected chi connectivity index (χ4v) is 2.74. The van der Waals surface area contributed by atoms with Gasteiger partial charge in [0, 0.05) is 5.69 Å². The predicted molar refractivity (Wildman–Crippen MR) is 96.1 cm³/mol. The van der Waals surface area contributed by atoms with Crippen molar-refractivity contribution in [1.82, 2.24) is 9.78 Å². The first-order valence-corrected chi connectivity index (χ1v) is 8.14. The van der Waals surface area contributed by atoms with Crippen LogP contribution in [0.3, 0.4) is 0 Å². The number of benzene rings is 2. The van der Waals surface area contributed by atoms with E-state index in [1.165, 1.54) is 54.1 Å². The number of halogens is 4. The lowest BCUT2D eigenvalue weighted by Crippen LogP contribution is -2.19. The van der Waals surface area contributed by atoms with Crippen molar-refractivity contribution in [3.63, 3.8) is 0 Å². The average molecular weight is 393 g/mol. The Labute approximate surface area is 156 Å². The summed E-state index contributed by atoms with van der Waals surface area (Å²) in [5, 5.41) is 2.86. The summed E-state index contributed by atoms with van der Waals surface area (Å²) in [6.07, 6.45) is -4.86. The van der Waals surface area contributed by atoms with Crippen LogP contribution in [-0.4, -0.2) is 21.9 Å². The van der Waals surface area contributed by atoms with Gasteiger partial charge in [-0.05, 0) is 50.2 Å². The first kappa shape index (κ1) is 19.4. The molecule has 0 amide bonds. The van der Waals surface area contributed by atoms with Gasteiger partial charge in [-0.2, -0.15) is 0 Å². The van der Waals surface area contributed by atoms with Gasteiger partial charge in [-0.15, -0.1) is 13.2 Å². The highest BCUT2D eigenvalue weighted by Crippen LogP contribution is 2.32. The van der Waals surface area contributed by atoms with Gasteiger partial charge in [0.1, 0.15) is 11.5 Å². The molecule has 0 saturated heterocycles. The smallest absolute Gasteiger partial charge is 0.403 e. The molecule has 0 aliphatic heterocycles. The van der Waals surface area contributed by atoms with Crippen LogP contribution >= 0.6 is 0 Å². The molecule has 28 heavy (non-hydrogen) atoms. The summed E-state index contributed by atoms with van der Waals surface area (Å²) in [7, 11) is 0. The van der Waals surface area contributed by atoms with Gasteiger partial charge >= 0.3 is 6.36 Å². The summed E-state index contributed by atoms with van der Waals surface area (Å²) in [6.45, 7) is 3.14. The average Bonchev–Trinajstić information content (AvgIpc) is 2.90. The fraction of sp³-hybridized carbons (Fsp3) is 0.158. The summed E-state index contributed by atoms with van der Waals surface area (Å²) in [4.78, 5) is 16.9. The number of aliphatic imine (C=N–C) groups is 1. The van der Waals surface area contributed by atoms with Gasteiger partial charge in [-0.3, -0.25) is 9.89 Å². The van der Waals surface area contributed by atoms with E-state index in [0.717, 1.165) is 6.07 Å². The van der Waals surface area contributed by atoms with Crippen molar-refractivity contribution in [3.8, 4) is 11.4 Å². The minimum absolute atomic E-state index is 0.0642. The van der Waals surface area contributed by atoms with E-state index in [4.69, 9.17) is 0 Å². The SMILES string of the molecule is CC(=Nc1ccccc1OC(F)(F)F)c1c(C)[nH]n(-c2ccc(F)cc2)c1=O. The highest BCUT2D eigenvalue weighted by molar-refractivity contribution is 6.01. The predicted octanol–water partition coefficient (Wildman–Crippen LogP) is 4.65. The normalized spacial score (nSPS) is 12.3. The molecule has 0 fully saturated rings. The second-order valence-electron chi connectivity index (χ2n) is 5.94. The van der Waals surface area contributed by atoms with E-state index in [9.17, 15) is 22.4 Å². The van der Waals surface area contributed by atoms with Crippen LogP contribution in [0.15, 0.2) is 58.3 Å². The molecule has 0 saturated carbocycles. The van der Waals surface area contributed by atoms with Crippen LogP contribution in [0.5, 0.6) is 5.75 Å². The fourth-order valence-electron chi connectivity index (χ4n) is 2.74. The third-order valence-corrected chi connectivity index (χ3v) is 3.90. The van der Waals surface area contributed by atoms with Crippen LogP contribution in [0.25, 0.3) is 5.69 Å². The Kier molecular flexibility index (Phi) is 5.08. The van der Waals surface area contributed by atoms with E-state index in [2.05, 4.69) is 14.8 Å². The number of hydrogen-bond acceptors (Lipinski definition) is 3. The topological polar surface area (TPSA) is 59.4 Å². The Balaban J connectivity index is 2.04. The molecule has 0 aliphatic rings.